The van der Waals surface area contributed by atoms with Crippen molar-refractivity contribution >= 4 is 61.6 Å². The van der Waals surface area contributed by atoms with Crippen LogP contribution in [0.15, 0.2) is 84.9 Å². The molecular weight excluding hydrogens is 523 g/mol. The Kier molecular flexibility index (Phi) is 21.9. The molecule has 0 saturated carbocycles. The SMILES string of the molecule is Cl.Cl.[CH2-]CO[Si](C)(C)C.[CH3-].[Si]=[Zr].c1ccc2[cH-]ccc2c1.c1ccc2[cH-]ccc2c1. The van der Waals surface area contributed by atoms with Gasteiger partial charge in [0, 0.05) is 0 Å². The molecule has 164 valence electrons. The fourth-order valence-electron chi connectivity index (χ4n) is 2.45. The van der Waals surface area contributed by atoms with E-state index in [0.29, 0.717) is 6.61 Å². The van der Waals surface area contributed by atoms with Crippen LogP contribution in [0.3, 0.4) is 0 Å². The summed E-state index contributed by atoms with van der Waals surface area (Å²) < 4.78 is 5.26. The minimum absolute atomic E-state index is 0. The zero-order valence-electron chi connectivity index (χ0n) is 18.2. The van der Waals surface area contributed by atoms with Gasteiger partial charge in [-0.25, -0.2) is 0 Å². The molecule has 0 unspecified atom stereocenters. The molecule has 30 heavy (non-hydrogen) atoms. The van der Waals surface area contributed by atoms with Gasteiger partial charge in [-0.2, -0.15) is 35.0 Å². The Morgan fingerprint density at radius 2 is 1.17 bits per heavy atom. The van der Waals surface area contributed by atoms with Gasteiger partial charge in [0.25, 0.3) is 0 Å². The number of hydrogen-bond acceptors (Lipinski definition) is 1. The predicted octanol–water partition coefficient (Wildman–Crippen LogP) is 7.70. The maximum Gasteiger partial charge on any atom is -0.0809 e. The summed E-state index contributed by atoms with van der Waals surface area (Å²) in [6.07, 6.45) is 0. The number of rotatable bonds is 2. The van der Waals surface area contributed by atoms with Gasteiger partial charge >= 0.3 is 30.2 Å². The molecule has 0 heterocycles. The molecule has 0 fully saturated rings. The molecule has 0 aliphatic carbocycles. The Labute approximate surface area is 213 Å². The molecule has 0 N–H and O–H groups in total. The molecular formula is C24H32Cl2OSi2Zr-4. The normalized spacial score (nSPS) is 9.03. The van der Waals surface area contributed by atoms with E-state index in [2.05, 4.69) is 118 Å². The van der Waals surface area contributed by atoms with Crippen LogP contribution in [-0.2, 0) is 27.8 Å². The third-order valence-corrected chi connectivity index (χ3v) is 4.70. The number of halogens is 2. The summed E-state index contributed by atoms with van der Waals surface area (Å²) >= 11 is 1.36. The third-order valence-electron chi connectivity index (χ3n) is 3.63. The van der Waals surface area contributed by atoms with Crippen LogP contribution in [0.25, 0.3) is 21.5 Å². The molecule has 4 aromatic rings. The molecule has 2 radical (unpaired) electrons. The van der Waals surface area contributed by atoms with Gasteiger partial charge in [-0.05, 0) is 19.6 Å². The summed E-state index contributed by atoms with van der Waals surface area (Å²) in [5.41, 5.74) is 0. The molecule has 0 saturated heterocycles. The Balaban J connectivity index is -0.000000337. The van der Waals surface area contributed by atoms with Crippen LogP contribution in [0, 0.1) is 14.4 Å². The average molecular weight is 555 g/mol. The summed E-state index contributed by atoms with van der Waals surface area (Å²) in [6, 6.07) is 29.3. The van der Waals surface area contributed by atoms with Crippen molar-refractivity contribution in [2.75, 3.05) is 6.61 Å². The van der Waals surface area contributed by atoms with E-state index in [0.717, 1.165) is 0 Å². The zero-order valence-corrected chi connectivity index (χ0v) is 24.3. The van der Waals surface area contributed by atoms with Crippen molar-refractivity contribution in [3.8, 4) is 0 Å². The zero-order chi connectivity index (χ0) is 20.1. The van der Waals surface area contributed by atoms with E-state index in [9.17, 15) is 0 Å². The van der Waals surface area contributed by atoms with Gasteiger partial charge < -0.3 is 18.8 Å². The molecule has 1 nitrogen and oxygen atoms in total. The van der Waals surface area contributed by atoms with Gasteiger partial charge in [0.1, 0.15) is 0 Å². The van der Waals surface area contributed by atoms with E-state index in [4.69, 9.17) is 4.43 Å². The van der Waals surface area contributed by atoms with Crippen LogP contribution < -0.4 is 0 Å². The van der Waals surface area contributed by atoms with Crippen LogP contribution in [-0.4, -0.2) is 21.8 Å². The molecule has 0 amide bonds. The monoisotopic (exact) mass is 552 g/mol. The second-order valence-electron chi connectivity index (χ2n) is 6.77. The first kappa shape index (κ1) is 34.1. The number of fused-ring (bicyclic) bond motifs is 2. The predicted molar refractivity (Wildman–Crippen MR) is 140 cm³/mol. The van der Waals surface area contributed by atoms with Crippen molar-refractivity contribution < 1.29 is 27.8 Å². The average Bonchev–Trinajstić information content (AvgIpc) is 3.32. The molecule has 0 atom stereocenters. The van der Waals surface area contributed by atoms with Crippen molar-refractivity contribution in [1.29, 1.82) is 0 Å². The Hall–Kier alpha value is -0.483. The van der Waals surface area contributed by atoms with Gasteiger partial charge in [-0.3, -0.25) is 0 Å². The third kappa shape index (κ3) is 13.7. The van der Waals surface area contributed by atoms with Crippen molar-refractivity contribution in [1.82, 2.24) is 0 Å². The topological polar surface area (TPSA) is 9.23 Å². The molecule has 0 aliphatic rings. The fourth-order valence-corrected chi connectivity index (χ4v) is 3.06. The minimum Gasteiger partial charge on any atom is -0.168 e. The van der Waals surface area contributed by atoms with Crippen molar-refractivity contribution in [3.05, 3.63) is 99.3 Å². The minimum atomic E-state index is -1.22. The summed E-state index contributed by atoms with van der Waals surface area (Å²) in [5, 5.41) is 5.32. The van der Waals surface area contributed by atoms with Gasteiger partial charge in [0.2, 0.25) is 0 Å². The van der Waals surface area contributed by atoms with Crippen LogP contribution in [0.5, 0.6) is 0 Å². The van der Waals surface area contributed by atoms with Gasteiger partial charge in [-0.1, -0.05) is 18.7 Å². The quantitative estimate of drug-likeness (QED) is 0.182. The molecule has 0 bridgehead atoms. The van der Waals surface area contributed by atoms with Crippen LogP contribution in [0.2, 0.25) is 19.6 Å². The van der Waals surface area contributed by atoms with Crippen molar-refractivity contribution in [3.63, 3.8) is 0 Å². The summed E-state index contributed by atoms with van der Waals surface area (Å²) in [4.78, 5) is 0. The molecule has 0 aliphatic heterocycles. The first-order chi connectivity index (χ1) is 13.0. The van der Waals surface area contributed by atoms with E-state index >= 15 is 0 Å². The molecule has 0 spiro atoms. The van der Waals surface area contributed by atoms with E-state index in [1.807, 2.05) is 0 Å². The van der Waals surface area contributed by atoms with Gasteiger partial charge in [0.15, 0.2) is 8.32 Å². The fraction of sp³-hybridized carbons (Fsp3) is 0.167. The van der Waals surface area contributed by atoms with Crippen molar-refractivity contribution in [2.45, 2.75) is 19.6 Å². The van der Waals surface area contributed by atoms with E-state index in [1.54, 1.807) is 0 Å². The van der Waals surface area contributed by atoms with Crippen LogP contribution >= 0.6 is 24.8 Å². The summed E-state index contributed by atoms with van der Waals surface area (Å²) in [7, 11) is -1.22. The first-order valence-corrected chi connectivity index (χ1v) is 16.5. The number of hydrogen-bond donors (Lipinski definition) is 0. The van der Waals surface area contributed by atoms with Crippen LogP contribution in [0.4, 0.5) is 0 Å². The standard InChI is InChI=1S/2C9H7.C5H13OSi.CH3.2ClH.Si.Zr/c2*1-2-5-9-7-3-6-8(9)4-1;1-5-6-7(2,3)4;;;;;/h2*1-7H;1,5H2,2-4H3;1H3;2*1H;;/q4*-1;;;;. The second-order valence-corrected chi connectivity index (χ2v) is 11.3. The first-order valence-electron chi connectivity index (χ1n) is 8.89. The van der Waals surface area contributed by atoms with Crippen molar-refractivity contribution in [2.24, 2.45) is 0 Å². The van der Waals surface area contributed by atoms with Gasteiger partial charge in [-0.15, -0.1) is 84.1 Å². The second kappa shape index (κ2) is 19.2. The summed E-state index contributed by atoms with van der Waals surface area (Å²) in [6.45, 7) is 13.7. The van der Waals surface area contributed by atoms with E-state index in [1.165, 1.54) is 44.9 Å². The Bertz CT molecular complexity index is 774. The Morgan fingerprint density at radius 1 is 0.800 bits per heavy atom. The molecule has 6 heteroatoms. The van der Waals surface area contributed by atoms with Gasteiger partial charge in [0.05, 0.1) is 0 Å². The maximum absolute atomic E-state index is 5.26. The van der Waals surface area contributed by atoms with Crippen LogP contribution in [0.1, 0.15) is 0 Å². The smallest absolute Gasteiger partial charge is 0.0809 e. The molecule has 4 aromatic carbocycles. The molecule has 4 rings (SSSR count). The largest absolute Gasteiger partial charge is 0.168 e. The van der Waals surface area contributed by atoms with E-state index in [-0.39, 0.29) is 32.2 Å². The Morgan fingerprint density at radius 3 is 1.43 bits per heavy atom. The molecule has 0 aromatic heterocycles. The maximum atomic E-state index is 5.26. The summed E-state index contributed by atoms with van der Waals surface area (Å²) in [5.74, 6) is 0. The number of benzene rings is 2. The van der Waals surface area contributed by atoms with E-state index < -0.39 is 8.32 Å².